The maximum atomic E-state index is 13.7. The highest BCUT2D eigenvalue weighted by Gasteiger charge is 2.09. The second kappa shape index (κ2) is 5.85. The van der Waals surface area contributed by atoms with Crippen LogP contribution in [0.3, 0.4) is 0 Å². The van der Waals surface area contributed by atoms with Crippen molar-refractivity contribution in [2.75, 3.05) is 0 Å². The van der Waals surface area contributed by atoms with Gasteiger partial charge in [0.1, 0.15) is 5.75 Å². The monoisotopic (exact) mass is 259 g/mol. The second-order valence-corrected chi connectivity index (χ2v) is 4.83. The summed E-state index contributed by atoms with van der Waals surface area (Å²) in [4.78, 5) is 0. The van der Waals surface area contributed by atoms with Crippen LogP contribution in [0.5, 0.6) is 11.5 Å². The molecule has 1 unspecified atom stereocenters. The van der Waals surface area contributed by atoms with Gasteiger partial charge in [0.05, 0.1) is 0 Å². The van der Waals surface area contributed by atoms with Gasteiger partial charge in [0.25, 0.3) is 0 Å². The predicted molar refractivity (Wildman–Crippen MR) is 75.0 cm³/mol. The Hall–Kier alpha value is -1.87. The number of nitrogens with two attached hydrogens (primary N) is 1. The molecule has 2 N–H and O–H groups in total. The molecule has 0 aliphatic rings. The molecule has 0 bridgehead atoms. The molecule has 0 radical (unpaired) electrons. The highest BCUT2D eigenvalue weighted by atomic mass is 19.1. The van der Waals surface area contributed by atoms with Crippen molar-refractivity contribution in [1.82, 2.24) is 0 Å². The van der Waals surface area contributed by atoms with Gasteiger partial charge in [0, 0.05) is 6.04 Å². The molecule has 0 aliphatic carbocycles. The van der Waals surface area contributed by atoms with Crippen molar-refractivity contribution < 1.29 is 9.13 Å². The minimum Gasteiger partial charge on any atom is -0.454 e. The van der Waals surface area contributed by atoms with Gasteiger partial charge in [-0.25, -0.2) is 4.39 Å². The molecule has 2 nitrogen and oxygen atoms in total. The highest BCUT2D eigenvalue weighted by molar-refractivity contribution is 5.39. The van der Waals surface area contributed by atoms with Crippen LogP contribution in [0.2, 0.25) is 0 Å². The smallest absolute Gasteiger partial charge is 0.165 e. The van der Waals surface area contributed by atoms with Gasteiger partial charge in [0.2, 0.25) is 0 Å². The lowest BCUT2D eigenvalue weighted by molar-refractivity contribution is 0.436. The maximum Gasteiger partial charge on any atom is 0.165 e. The van der Waals surface area contributed by atoms with E-state index in [9.17, 15) is 4.39 Å². The Balaban J connectivity index is 2.30. The van der Waals surface area contributed by atoms with Gasteiger partial charge in [-0.15, -0.1) is 0 Å². The fraction of sp³-hybridized carbons (Fsp3) is 0.250. The van der Waals surface area contributed by atoms with Gasteiger partial charge in [-0.3, -0.25) is 0 Å². The summed E-state index contributed by atoms with van der Waals surface area (Å²) in [5.74, 6) is 0.544. The molecule has 0 aromatic heterocycles. The van der Waals surface area contributed by atoms with Crippen LogP contribution >= 0.6 is 0 Å². The standard InChI is InChI=1S/C16H18FNO/c1-11-7-8-14(17)16(9-11)19-15-6-4-3-5-13(15)10-12(2)18/h3-9,12H,10,18H2,1-2H3. The number of para-hydroxylation sites is 1. The summed E-state index contributed by atoms with van der Waals surface area (Å²) < 4.78 is 19.4. The van der Waals surface area contributed by atoms with Crippen LogP contribution in [0.1, 0.15) is 18.1 Å². The van der Waals surface area contributed by atoms with Gasteiger partial charge in [-0.2, -0.15) is 0 Å². The molecule has 0 fully saturated rings. The maximum absolute atomic E-state index is 13.7. The average Bonchev–Trinajstić information content (AvgIpc) is 2.35. The van der Waals surface area contributed by atoms with E-state index < -0.39 is 0 Å². The van der Waals surface area contributed by atoms with Crippen molar-refractivity contribution in [2.24, 2.45) is 5.73 Å². The Bertz CT molecular complexity index is 566. The Labute approximate surface area is 113 Å². The molecule has 19 heavy (non-hydrogen) atoms. The normalized spacial score (nSPS) is 12.2. The van der Waals surface area contributed by atoms with E-state index >= 15 is 0 Å². The number of benzene rings is 2. The summed E-state index contributed by atoms with van der Waals surface area (Å²) >= 11 is 0. The van der Waals surface area contributed by atoms with Crippen LogP contribution in [-0.2, 0) is 6.42 Å². The molecule has 0 heterocycles. The van der Waals surface area contributed by atoms with Gasteiger partial charge < -0.3 is 10.5 Å². The lowest BCUT2D eigenvalue weighted by Gasteiger charge is -2.13. The Morgan fingerprint density at radius 3 is 2.63 bits per heavy atom. The molecule has 0 aliphatic heterocycles. The summed E-state index contributed by atoms with van der Waals surface area (Å²) in [5.41, 5.74) is 7.76. The SMILES string of the molecule is Cc1ccc(F)c(Oc2ccccc2CC(C)N)c1. The van der Waals surface area contributed by atoms with Crippen molar-refractivity contribution in [3.05, 3.63) is 59.4 Å². The first-order valence-corrected chi connectivity index (χ1v) is 6.34. The molecular weight excluding hydrogens is 241 g/mol. The first-order valence-electron chi connectivity index (χ1n) is 6.34. The van der Waals surface area contributed by atoms with Crippen molar-refractivity contribution in [2.45, 2.75) is 26.3 Å². The third kappa shape index (κ3) is 3.55. The minimum absolute atomic E-state index is 0.0344. The number of aryl methyl sites for hydroxylation is 1. The molecule has 1 atom stereocenters. The van der Waals surface area contributed by atoms with Crippen molar-refractivity contribution in [3.8, 4) is 11.5 Å². The van der Waals surface area contributed by atoms with E-state index in [0.29, 0.717) is 12.2 Å². The largest absolute Gasteiger partial charge is 0.454 e. The van der Waals surface area contributed by atoms with E-state index in [1.54, 1.807) is 12.1 Å². The van der Waals surface area contributed by atoms with E-state index in [0.717, 1.165) is 11.1 Å². The van der Waals surface area contributed by atoms with E-state index in [1.165, 1.54) is 6.07 Å². The fourth-order valence-corrected chi connectivity index (χ4v) is 1.93. The number of hydrogen-bond acceptors (Lipinski definition) is 2. The molecule has 0 saturated heterocycles. The number of hydrogen-bond donors (Lipinski definition) is 1. The summed E-state index contributed by atoms with van der Waals surface area (Å²) in [6.45, 7) is 3.84. The first kappa shape index (κ1) is 13.6. The zero-order valence-corrected chi connectivity index (χ0v) is 11.2. The van der Waals surface area contributed by atoms with Gasteiger partial charge in [-0.1, -0.05) is 24.3 Å². The van der Waals surface area contributed by atoms with E-state index in [1.807, 2.05) is 38.1 Å². The molecule has 0 amide bonds. The average molecular weight is 259 g/mol. The topological polar surface area (TPSA) is 35.2 Å². The Kier molecular flexibility index (Phi) is 4.17. The molecule has 2 aromatic rings. The lowest BCUT2D eigenvalue weighted by atomic mass is 10.1. The molecule has 3 heteroatoms. The number of rotatable bonds is 4. The lowest BCUT2D eigenvalue weighted by Crippen LogP contribution is -2.18. The summed E-state index contributed by atoms with van der Waals surface area (Å²) in [5, 5.41) is 0. The van der Waals surface area contributed by atoms with Crippen molar-refractivity contribution >= 4 is 0 Å². The van der Waals surface area contributed by atoms with Crippen LogP contribution in [0.25, 0.3) is 0 Å². The quantitative estimate of drug-likeness (QED) is 0.906. The fourth-order valence-electron chi connectivity index (χ4n) is 1.93. The summed E-state index contributed by atoms with van der Waals surface area (Å²) in [6, 6.07) is 12.4. The van der Waals surface area contributed by atoms with Crippen LogP contribution in [0.15, 0.2) is 42.5 Å². The van der Waals surface area contributed by atoms with E-state index in [2.05, 4.69) is 0 Å². The third-order valence-corrected chi connectivity index (χ3v) is 2.82. The predicted octanol–water partition coefficient (Wildman–Crippen LogP) is 3.82. The summed E-state index contributed by atoms with van der Waals surface area (Å²) in [7, 11) is 0. The highest BCUT2D eigenvalue weighted by Crippen LogP contribution is 2.28. The number of halogens is 1. The Morgan fingerprint density at radius 1 is 1.16 bits per heavy atom. The zero-order chi connectivity index (χ0) is 13.8. The van der Waals surface area contributed by atoms with Crippen molar-refractivity contribution in [3.63, 3.8) is 0 Å². The van der Waals surface area contributed by atoms with Crippen LogP contribution < -0.4 is 10.5 Å². The first-order chi connectivity index (χ1) is 9.06. The van der Waals surface area contributed by atoms with Crippen molar-refractivity contribution in [1.29, 1.82) is 0 Å². The minimum atomic E-state index is -0.360. The molecule has 0 saturated carbocycles. The Morgan fingerprint density at radius 2 is 1.89 bits per heavy atom. The van der Waals surface area contributed by atoms with E-state index in [4.69, 9.17) is 10.5 Å². The van der Waals surface area contributed by atoms with Crippen LogP contribution in [0, 0.1) is 12.7 Å². The zero-order valence-electron chi connectivity index (χ0n) is 11.2. The molecule has 2 rings (SSSR count). The van der Waals surface area contributed by atoms with Gasteiger partial charge >= 0.3 is 0 Å². The van der Waals surface area contributed by atoms with Crippen LogP contribution in [0.4, 0.5) is 4.39 Å². The van der Waals surface area contributed by atoms with E-state index in [-0.39, 0.29) is 17.6 Å². The second-order valence-electron chi connectivity index (χ2n) is 4.83. The molecule has 2 aromatic carbocycles. The third-order valence-electron chi connectivity index (χ3n) is 2.82. The number of ether oxygens (including phenoxy) is 1. The summed E-state index contributed by atoms with van der Waals surface area (Å²) in [6.07, 6.45) is 0.698. The van der Waals surface area contributed by atoms with Gasteiger partial charge in [-0.05, 0) is 49.6 Å². The van der Waals surface area contributed by atoms with Crippen LogP contribution in [-0.4, -0.2) is 6.04 Å². The van der Waals surface area contributed by atoms with Gasteiger partial charge in [0.15, 0.2) is 11.6 Å². The molecule has 0 spiro atoms. The molecule has 100 valence electrons. The molecular formula is C16H18FNO.